The van der Waals surface area contributed by atoms with E-state index in [1.54, 1.807) is 0 Å². The molecule has 0 aliphatic heterocycles. The van der Waals surface area contributed by atoms with Gasteiger partial charge in [0.2, 0.25) is 5.91 Å². The first-order chi connectivity index (χ1) is 12.5. The minimum Gasteiger partial charge on any atom is -0.324 e. The lowest BCUT2D eigenvalue weighted by molar-refractivity contribution is -0.113. The molecule has 1 N–H and O–H groups in total. The highest BCUT2D eigenvalue weighted by atomic mass is 79.9. The van der Waals surface area contributed by atoms with Crippen molar-refractivity contribution in [3.05, 3.63) is 68.9 Å². The van der Waals surface area contributed by atoms with Crippen LogP contribution < -0.4 is 5.32 Å². The van der Waals surface area contributed by atoms with Crippen molar-refractivity contribution >= 4 is 55.2 Å². The predicted molar refractivity (Wildman–Crippen MR) is 111 cm³/mol. The third-order valence-corrected chi connectivity index (χ3v) is 5.87. The molecular weight excluding hydrogens is 480 g/mol. The van der Waals surface area contributed by atoms with Crippen molar-refractivity contribution < 1.29 is 4.79 Å². The molecule has 3 aromatic rings. The first kappa shape index (κ1) is 19.1. The van der Waals surface area contributed by atoms with Gasteiger partial charge in [0.15, 0.2) is 5.16 Å². The van der Waals surface area contributed by atoms with Crippen molar-refractivity contribution in [1.29, 1.82) is 0 Å². The molecule has 3 rings (SSSR count). The van der Waals surface area contributed by atoms with Gasteiger partial charge in [-0.1, -0.05) is 58.0 Å². The maximum Gasteiger partial charge on any atom is 0.234 e. The molecule has 26 heavy (non-hydrogen) atoms. The second-order valence-electron chi connectivity index (χ2n) is 5.58. The van der Waals surface area contributed by atoms with Gasteiger partial charge in [0.05, 0.1) is 11.4 Å². The quantitative estimate of drug-likeness (QED) is 0.505. The van der Waals surface area contributed by atoms with Gasteiger partial charge in [-0.25, -0.2) is 0 Å². The zero-order valence-corrected chi connectivity index (χ0v) is 17.9. The van der Waals surface area contributed by atoms with Gasteiger partial charge in [-0.2, -0.15) is 0 Å². The van der Waals surface area contributed by atoms with Crippen molar-refractivity contribution in [2.75, 3.05) is 11.1 Å². The summed E-state index contributed by atoms with van der Waals surface area (Å²) in [7, 11) is 1.92. The van der Waals surface area contributed by atoms with Gasteiger partial charge in [0.1, 0.15) is 5.82 Å². The topological polar surface area (TPSA) is 59.8 Å². The Kier molecular flexibility index (Phi) is 6.50. The van der Waals surface area contributed by atoms with Gasteiger partial charge in [-0.05, 0) is 39.7 Å². The van der Waals surface area contributed by atoms with E-state index >= 15 is 0 Å². The lowest BCUT2D eigenvalue weighted by Crippen LogP contribution is -2.15. The van der Waals surface area contributed by atoms with E-state index < -0.39 is 0 Å². The van der Waals surface area contributed by atoms with Crippen LogP contribution in [0.2, 0.25) is 0 Å². The highest BCUT2D eigenvalue weighted by molar-refractivity contribution is 9.11. The van der Waals surface area contributed by atoms with E-state index in [4.69, 9.17) is 0 Å². The van der Waals surface area contributed by atoms with E-state index in [1.807, 2.05) is 48.0 Å². The highest BCUT2D eigenvalue weighted by Gasteiger charge is 2.13. The number of halogens is 2. The molecule has 0 radical (unpaired) electrons. The van der Waals surface area contributed by atoms with Crippen LogP contribution in [-0.4, -0.2) is 26.4 Å². The number of nitrogens with zero attached hydrogens (tertiary/aromatic N) is 3. The second kappa shape index (κ2) is 8.83. The average Bonchev–Trinajstić information content (AvgIpc) is 2.97. The maximum atomic E-state index is 12.2. The Morgan fingerprint density at radius 3 is 2.69 bits per heavy atom. The van der Waals surface area contributed by atoms with E-state index in [9.17, 15) is 4.79 Å². The third kappa shape index (κ3) is 4.96. The molecular formula is C18H16Br2N4OS. The Morgan fingerprint density at radius 2 is 1.92 bits per heavy atom. The Hall–Kier alpha value is -1.64. The first-order valence-corrected chi connectivity index (χ1v) is 10.4. The summed E-state index contributed by atoms with van der Waals surface area (Å²) in [6, 6.07) is 15.8. The van der Waals surface area contributed by atoms with Crippen LogP contribution in [0, 0.1) is 0 Å². The fourth-order valence-corrected chi connectivity index (χ4v) is 3.75. The minimum atomic E-state index is -0.0959. The van der Waals surface area contributed by atoms with Crippen molar-refractivity contribution in [2.24, 2.45) is 7.05 Å². The van der Waals surface area contributed by atoms with Gasteiger partial charge in [-0.3, -0.25) is 4.79 Å². The molecule has 1 amide bonds. The van der Waals surface area contributed by atoms with Crippen LogP contribution in [0.1, 0.15) is 11.4 Å². The van der Waals surface area contributed by atoms with Crippen molar-refractivity contribution in [2.45, 2.75) is 11.6 Å². The molecule has 1 heterocycles. The normalized spacial score (nSPS) is 10.7. The summed E-state index contributed by atoms with van der Waals surface area (Å²) >= 11 is 8.20. The van der Waals surface area contributed by atoms with E-state index in [2.05, 4.69) is 59.5 Å². The summed E-state index contributed by atoms with van der Waals surface area (Å²) in [4.78, 5) is 12.2. The van der Waals surface area contributed by atoms with Crippen LogP contribution in [0.15, 0.2) is 62.6 Å². The molecule has 0 bridgehead atoms. The molecule has 0 saturated heterocycles. The third-order valence-electron chi connectivity index (χ3n) is 3.67. The van der Waals surface area contributed by atoms with Crippen LogP contribution in [0.25, 0.3) is 0 Å². The van der Waals surface area contributed by atoms with E-state index in [0.717, 1.165) is 25.6 Å². The Balaban J connectivity index is 1.59. The maximum absolute atomic E-state index is 12.2. The fraction of sp³-hybridized carbons (Fsp3) is 0.167. The Bertz CT molecular complexity index is 915. The number of hydrogen-bond donors (Lipinski definition) is 1. The molecule has 5 nitrogen and oxygen atoms in total. The number of carbonyl (C=O) groups is 1. The second-order valence-corrected chi connectivity index (χ2v) is 8.29. The number of rotatable bonds is 6. The van der Waals surface area contributed by atoms with Gasteiger partial charge in [-0.15, -0.1) is 10.2 Å². The molecule has 0 aliphatic carbocycles. The lowest BCUT2D eigenvalue weighted by Gasteiger charge is -2.08. The van der Waals surface area contributed by atoms with Crippen LogP contribution in [-0.2, 0) is 18.3 Å². The Labute approximate surface area is 172 Å². The minimum absolute atomic E-state index is 0.0959. The summed E-state index contributed by atoms with van der Waals surface area (Å²) in [5, 5.41) is 12.1. The largest absolute Gasteiger partial charge is 0.324 e. The number of amides is 1. The molecule has 1 aromatic heterocycles. The highest BCUT2D eigenvalue weighted by Crippen LogP contribution is 2.26. The summed E-state index contributed by atoms with van der Waals surface area (Å²) in [6.45, 7) is 0. The van der Waals surface area contributed by atoms with E-state index in [0.29, 0.717) is 6.42 Å². The average molecular weight is 496 g/mol. The van der Waals surface area contributed by atoms with Crippen LogP contribution in [0.5, 0.6) is 0 Å². The molecule has 0 atom stereocenters. The fourth-order valence-electron chi connectivity index (χ4n) is 2.31. The number of benzene rings is 2. The van der Waals surface area contributed by atoms with E-state index in [1.165, 1.54) is 17.3 Å². The zero-order valence-electron chi connectivity index (χ0n) is 13.9. The van der Waals surface area contributed by atoms with Gasteiger partial charge in [0.25, 0.3) is 0 Å². The van der Waals surface area contributed by atoms with Crippen LogP contribution in [0.3, 0.4) is 0 Å². The monoisotopic (exact) mass is 494 g/mol. The number of nitrogens with one attached hydrogen (secondary N) is 1. The molecule has 0 aliphatic rings. The standard InChI is InChI=1S/C18H16Br2N4OS/c1-24-16(9-12-5-3-2-4-6-12)22-23-18(24)26-11-17(25)21-15-10-13(19)7-8-14(15)20/h2-8,10H,9,11H2,1H3,(H,21,25). The van der Waals surface area contributed by atoms with Gasteiger partial charge in [0, 0.05) is 22.4 Å². The van der Waals surface area contributed by atoms with Crippen molar-refractivity contribution in [1.82, 2.24) is 14.8 Å². The molecule has 134 valence electrons. The zero-order chi connectivity index (χ0) is 18.5. The van der Waals surface area contributed by atoms with E-state index in [-0.39, 0.29) is 11.7 Å². The first-order valence-electron chi connectivity index (χ1n) is 7.83. The number of carbonyl (C=O) groups excluding carboxylic acids is 1. The number of anilines is 1. The van der Waals surface area contributed by atoms with Crippen molar-refractivity contribution in [3.8, 4) is 0 Å². The van der Waals surface area contributed by atoms with Crippen LogP contribution in [0.4, 0.5) is 5.69 Å². The van der Waals surface area contributed by atoms with Crippen LogP contribution >= 0.6 is 43.6 Å². The Morgan fingerprint density at radius 1 is 1.15 bits per heavy atom. The molecule has 8 heteroatoms. The number of aromatic nitrogens is 3. The van der Waals surface area contributed by atoms with Gasteiger partial charge < -0.3 is 9.88 Å². The van der Waals surface area contributed by atoms with Gasteiger partial charge >= 0.3 is 0 Å². The number of thioether (sulfide) groups is 1. The summed E-state index contributed by atoms with van der Waals surface area (Å²) in [6.07, 6.45) is 0.710. The molecule has 0 saturated carbocycles. The predicted octanol–water partition coefficient (Wildman–Crippen LogP) is 4.66. The lowest BCUT2D eigenvalue weighted by atomic mass is 10.1. The van der Waals surface area contributed by atoms with Crippen molar-refractivity contribution in [3.63, 3.8) is 0 Å². The summed E-state index contributed by atoms with van der Waals surface area (Å²) < 4.78 is 3.67. The molecule has 0 unspecified atom stereocenters. The summed E-state index contributed by atoms with van der Waals surface area (Å²) in [5.74, 6) is 1.03. The molecule has 0 spiro atoms. The molecule has 0 fully saturated rings. The smallest absolute Gasteiger partial charge is 0.234 e. The summed E-state index contributed by atoms with van der Waals surface area (Å²) in [5.41, 5.74) is 1.91. The SMILES string of the molecule is Cn1c(Cc2ccccc2)nnc1SCC(=O)Nc1cc(Br)ccc1Br. The number of hydrogen-bond acceptors (Lipinski definition) is 4. The molecule has 2 aromatic carbocycles.